The quantitative estimate of drug-likeness (QED) is 0.473. The van der Waals surface area contributed by atoms with E-state index in [0.29, 0.717) is 5.75 Å². The number of hydrogen-bond donors (Lipinski definition) is 1. The van der Waals surface area contributed by atoms with Gasteiger partial charge in [0.25, 0.3) is 0 Å². The van der Waals surface area contributed by atoms with Gasteiger partial charge in [0.1, 0.15) is 5.75 Å². The van der Waals surface area contributed by atoms with Crippen LogP contribution in [0.25, 0.3) is 0 Å². The van der Waals surface area contributed by atoms with Crippen LogP contribution < -0.4 is 37.2 Å². The van der Waals surface area contributed by atoms with Crippen LogP contribution in [0.3, 0.4) is 0 Å². The minimum absolute atomic E-state index is 0. The van der Waals surface area contributed by atoms with Crippen molar-refractivity contribution in [1.29, 1.82) is 0 Å². The molecule has 0 amide bonds. The van der Waals surface area contributed by atoms with Crippen LogP contribution in [0.2, 0.25) is 0 Å². The third kappa shape index (κ3) is 14.1. The summed E-state index contributed by atoms with van der Waals surface area (Å²) in [6.45, 7) is 0. The Morgan fingerprint density at radius 2 is 1.25 bits per heavy atom. The van der Waals surface area contributed by atoms with Crippen molar-refractivity contribution < 1.29 is 64.0 Å². The van der Waals surface area contributed by atoms with Gasteiger partial charge in [-0.05, 0) is 18.6 Å². The normalized spacial score (nSPS) is 9.25. The van der Waals surface area contributed by atoms with E-state index in [-0.39, 0.29) is 58.9 Å². The fourth-order valence-electron chi connectivity index (χ4n) is 0.821. The average molecular weight is 314 g/mol. The number of aromatic hydroxyl groups is 1. The Balaban J connectivity index is -0.0000000739. The van der Waals surface area contributed by atoms with E-state index in [1.807, 2.05) is 6.07 Å². The number of benzene rings is 1. The molecule has 16 heavy (non-hydrogen) atoms. The van der Waals surface area contributed by atoms with E-state index >= 15 is 0 Å². The van der Waals surface area contributed by atoms with Crippen molar-refractivity contribution >= 4 is 0 Å². The largest absolute Gasteiger partial charge is 3.00 e. The summed E-state index contributed by atoms with van der Waals surface area (Å²) in [6.07, 6.45) is 9.50. The Labute approximate surface area is 130 Å². The molecule has 0 aromatic heterocycles. The van der Waals surface area contributed by atoms with E-state index in [1.54, 1.807) is 24.3 Å². The number of halogens is 3. The Kier molecular flexibility index (Phi) is 27.4. The Bertz CT molecular complexity index is 266. The smallest absolute Gasteiger partial charge is 1.00 e. The maximum Gasteiger partial charge on any atom is 3.00 e. The van der Waals surface area contributed by atoms with Crippen LogP contribution in [-0.4, -0.2) is 5.11 Å². The van der Waals surface area contributed by atoms with Gasteiger partial charge in [0.15, 0.2) is 0 Å². The van der Waals surface area contributed by atoms with Crippen LogP contribution in [0.15, 0.2) is 54.6 Å². The van der Waals surface area contributed by atoms with Crippen LogP contribution in [0.4, 0.5) is 0 Å². The van der Waals surface area contributed by atoms with E-state index in [9.17, 15) is 0 Å². The first-order valence-corrected chi connectivity index (χ1v) is 3.95. The molecular weight excluding hydrogens is 302 g/mol. The molecule has 5 heteroatoms. The van der Waals surface area contributed by atoms with Gasteiger partial charge >= 0.3 is 21.7 Å². The molecule has 0 unspecified atom stereocenters. The summed E-state index contributed by atoms with van der Waals surface area (Å²) in [4.78, 5) is 0. The number of allylic oxidation sites excluding steroid dienone is 4. The second-order valence-electron chi connectivity index (χ2n) is 2.43. The first-order valence-electron chi connectivity index (χ1n) is 3.95. The van der Waals surface area contributed by atoms with Crippen molar-refractivity contribution in [3.8, 4) is 5.75 Å². The zero-order chi connectivity index (χ0) is 8.65. The predicted molar refractivity (Wildman–Crippen MR) is 51.0 cm³/mol. The molecule has 0 saturated carbocycles. The molecule has 1 nitrogen and oxygen atoms in total. The van der Waals surface area contributed by atoms with Gasteiger partial charge < -0.3 is 42.3 Å². The van der Waals surface area contributed by atoms with E-state index < -0.39 is 0 Å². The SMILES string of the molecule is C1=CCC=C1.Oc1ccccc1.[Cl-].[Cl-].[Cl-].[Ti+3]. The molecule has 1 aromatic carbocycles. The van der Waals surface area contributed by atoms with Crippen molar-refractivity contribution in [2.24, 2.45) is 0 Å². The third-order valence-electron chi connectivity index (χ3n) is 1.41. The Morgan fingerprint density at radius 1 is 0.812 bits per heavy atom. The van der Waals surface area contributed by atoms with Crippen molar-refractivity contribution in [2.45, 2.75) is 6.42 Å². The van der Waals surface area contributed by atoms with Gasteiger partial charge in [0, 0.05) is 0 Å². The zero-order valence-electron chi connectivity index (χ0n) is 8.48. The molecule has 0 aliphatic heterocycles. The maximum absolute atomic E-state index is 8.63. The molecule has 1 aliphatic rings. The zero-order valence-corrected chi connectivity index (χ0v) is 12.3. The van der Waals surface area contributed by atoms with E-state index in [0.717, 1.165) is 6.42 Å². The molecule has 0 atom stereocenters. The first-order chi connectivity index (χ1) is 5.89. The molecule has 0 spiro atoms. The van der Waals surface area contributed by atoms with Gasteiger partial charge in [-0.25, -0.2) is 0 Å². The first kappa shape index (κ1) is 25.1. The van der Waals surface area contributed by atoms with E-state index in [4.69, 9.17) is 5.11 Å². The van der Waals surface area contributed by atoms with Crippen molar-refractivity contribution in [1.82, 2.24) is 0 Å². The summed E-state index contributed by atoms with van der Waals surface area (Å²) in [5, 5.41) is 8.63. The number of para-hydroxylation sites is 1. The van der Waals surface area contributed by atoms with Gasteiger partial charge in [0.05, 0.1) is 0 Å². The molecule has 2 rings (SSSR count). The van der Waals surface area contributed by atoms with Crippen LogP contribution in [-0.2, 0) is 21.7 Å². The van der Waals surface area contributed by atoms with Crippen molar-refractivity contribution in [3.05, 3.63) is 54.6 Å². The molecule has 1 aliphatic carbocycles. The fourth-order valence-corrected chi connectivity index (χ4v) is 0.821. The third-order valence-corrected chi connectivity index (χ3v) is 1.41. The van der Waals surface area contributed by atoms with E-state index in [2.05, 4.69) is 24.3 Å². The molecule has 1 aromatic rings. The van der Waals surface area contributed by atoms with Gasteiger partial charge in [-0.3, -0.25) is 0 Å². The second kappa shape index (κ2) is 17.5. The number of hydrogen-bond acceptors (Lipinski definition) is 1. The topological polar surface area (TPSA) is 20.2 Å². The molecule has 0 heterocycles. The number of rotatable bonds is 0. The Hall–Kier alpha value is 0.0843. The molecule has 0 bridgehead atoms. The van der Waals surface area contributed by atoms with Crippen molar-refractivity contribution in [2.75, 3.05) is 0 Å². The molecular formula is C11H12Cl3OTi. The monoisotopic (exact) mass is 313 g/mol. The molecule has 1 N–H and O–H groups in total. The van der Waals surface area contributed by atoms with Crippen LogP contribution in [0, 0.1) is 0 Å². The molecule has 0 saturated heterocycles. The van der Waals surface area contributed by atoms with Crippen LogP contribution in [0.1, 0.15) is 6.42 Å². The number of phenolic OH excluding ortho intramolecular Hbond substituents is 1. The minimum atomic E-state index is 0. The van der Waals surface area contributed by atoms with Crippen LogP contribution in [0.5, 0.6) is 5.75 Å². The molecule has 87 valence electrons. The number of phenols is 1. The van der Waals surface area contributed by atoms with Crippen molar-refractivity contribution in [3.63, 3.8) is 0 Å². The maximum atomic E-state index is 8.63. The molecule has 1 radical (unpaired) electrons. The van der Waals surface area contributed by atoms with Gasteiger partial charge in [-0.15, -0.1) is 0 Å². The van der Waals surface area contributed by atoms with Crippen LogP contribution >= 0.6 is 0 Å². The molecule has 0 fully saturated rings. The standard InChI is InChI=1S/C6H6O.C5H6.3ClH.Ti/c7-6-4-2-1-3-5-6;1-2-4-5-3-1;;;;/h1-5,7H;1-4H,5H2;3*1H;/q;;;;;+3/p-3. The summed E-state index contributed by atoms with van der Waals surface area (Å²) in [6, 6.07) is 8.71. The summed E-state index contributed by atoms with van der Waals surface area (Å²) in [5.74, 6) is 0.322. The fraction of sp³-hybridized carbons (Fsp3) is 0.0909. The van der Waals surface area contributed by atoms with Gasteiger partial charge in [-0.1, -0.05) is 42.5 Å². The van der Waals surface area contributed by atoms with E-state index in [1.165, 1.54) is 0 Å². The Morgan fingerprint density at radius 3 is 1.44 bits per heavy atom. The summed E-state index contributed by atoms with van der Waals surface area (Å²) in [7, 11) is 0. The predicted octanol–water partition coefficient (Wildman–Crippen LogP) is -6.10. The van der Waals surface area contributed by atoms with Gasteiger partial charge in [0.2, 0.25) is 0 Å². The minimum Gasteiger partial charge on any atom is -1.00 e. The van der Waals surface area contributed by atoms with Gasteiger partial charge in [-0.2, -0.15) is 0 Å². The summed E-state index contributed by atoms with van der Waals surface area (Å²) >= 11 is 0. The summed E-state index contributed by atoms with van der Waals surface area (Å²) in [5.41, 5.74) is 0. The second-order valence-corrected chi connectivity index (χ2v) is 2.43. The average Bonchev–Trinajstić information content (AvgIpc) is 2.62. The summed E-state index contributed by atoms with van der Waals surface area (Å²) < 4.78 is 0.